The predicted molar refractivity (Wildman–Crippen MR) is 71.8 cm³/mol. The van der Waals surface area contributed by atoms with Crippen molar-refractivity contribution in [2.75, 3.05) is 6.61 Å². The van der Waals surface area contributed by atoms with E-state index in [-0.39, 0.29) is 18.7 Å². The topological polar surface area (TPSA) is 35.5 Å². The first-order valence-corrected chi connectivity index (χ1v) is 6.53. The Labute approximate surface area is 109 Å². The first-order valence-electron chi connectivity index (χ1n) is 6.53. The molecule has 0 saturated carbocycles. The highest BCUT2D eigenvalue weighted by atomic mass is 16.6. The smallest absolute Gasteiger partial charge is 0.344 e. The Morgan fingerprint density at radius 2 is 1.89 bits per heavy atom. The van der Waals surface area contributed by atoms with E-state index in [0.717, 1.165) is 6.42 Å². The third kappa shape index (κ3) is 5.71. The minimum atomic E-state index is -0.333. The molecule has 0 aliphatic heterocycles. The number of hydrogen-bond donors (Lipinski definition) is 0. The Balaban J connectivity index is 2.37. The largest absolute Gasteiger partial charge is 0.482 e. The van der Waals surface area contributed by atoms with Gasteiger partial charge in [0.05, 0.1) is 6.10 Å². The van der Waals surface area contributed by atoms with E-state index in [1.165, 1.54) is 18.4 Å². The van der Waals surface area contributed by atoms with E-state index in [0.29, 0.717) is 5.75 Å². The van der Waals surface area contributed by atoms with Gasteiger partial charge in [-0.05, 0) is 44.4 Å². The summed E-state index contributed by atoms with van der Waals surface area (Å²) in [5.74, 6) is 0.371. The van der Waals surface area contributed by atoms with Crippen molar-refractivity contribution < 1.29 is 14.3 Å². The Bertz CT molecular complexity index is 355. The predicted octanol–water partition coefficient (Wildman–Crippen LogP) is 3.36. The monoisotopic (exact) mass is 250 g/mol. The Morgan fingerprint density at radius 3 is 2.44 bits per heavy atom. The first-order chi connectivity index (χ1) is 8.61. The van der Waals surface area contributed by atoms with Gasteiger partial charge in [-0.25, -0.2) is 4.79 Å². The normalized spacial score (nSPS) is 10.4. The fraction of sp³-hybridized carbons (Fsp3) is 0.533. The zero-order valence-electron chi connectivity index (χ0n) is 11.4. The second-order valence-corrected chi connectivity index (χ2v) is 4.57. The van der Waals surface area contributed by atoms with Gasteiger partial charge in [0, 0.05) is 0 Å². The van der Waals surface area contributed by atoms with Crippen LogP contribution in [0.3, 0.4) is 0 Å². The van der Waals surface area contributed by atoms with Crippen molar-refractivity contribution in [3.63, 3.8) is 0 Å². The van der Waals surface area contributed by atoms with Crippen molar-refractivity contribution in [3.05, 3.63) is 29.8 Å². The summed E-state index contributed by atoms with van der Waals surface area (Å²) in [6, 6.07) is 7.87. The fourth-order valence-corrected chi connectivity index (χ4v) is 1.57. The third-order valence-electron chi connectivity index (χ3n) is 2.47. The zero-order valence-corrected chi connectivity index (χ0v) is 11.4. The van der Waals surface area contributed by atoms with Crippen molar-refractivity contribution in [1.29, 1.82) is 0 Å². The lowest BCUT2D eigenvalue weighted by atomic mass is 10.1. The Kier molecular flexibility index (Phi) is 6.26. The van der Waals surface area contributed by atoms with Crippen LogP contribution in [0.2, 0.25) is 0 Å². The number of esters is 1. The molecule has 100 valence electrons. The van der Waals surface area contributed by atoms with E-state index in [1.54, 1.807) is 0 Å². The molecule has 0 radical (unpaired) electrons. The summed E-state index contributed by atoms with van der Waals surface area (Å²) < 4.78 is 10.3. The molecule has 0 heterocycles. The van der Waals surface area contributed by atoms with Crippen molar-refractivity contribution >= 4 is 5.97 Å². The lowest BCUT2D eigenvalue weighted by molar-refractivity contribution is -0.149. The first kappa shape index (κ1) is 14.6. The summed E-state index contributed by atoms with van der Waals surface area (Å²) in [6.07, 6.45) is 3.38. The molecule has 18 heavy (non-hydrogen) atoms. The minimum Gasteiger partial charge on any atom is -0.482 e. The van der Waals surface area contributed by atoms with Crippen LogP contribution in [-0.4, -0.2) is 18.7 Å². The van der Waals surface area contributed by atoms with Crippen LogP contribution in [0.1, 0.15) is 39.2 Å². The van der Waals surface area contributed by atoms with Gasteiger partial charge < -0.3 is 9.47 Å². The van der Waals surface area contributed by atoms with E-state index in [2.05, 4.69) is 6.92 Å². The molecule has 0 aliphatic rings. The average Bonchev–Trinajstić information content (AvgIpc) is 2.34. The number of ether oxygens (including phenoxy) is 2. The van der Waals surface area contributed by atoms with Crippen LogP contribution in [0.15, 0.2) is 24.3 Å². The molecule has 0 spiro atoms. The molecule has 0 aliphatic carbocycles. The molecule has 0 atom stereocenters. The Hall–Kier alpha value is -1.51. The summed E-state index contributed by atoms with van der Waals surface area (Å²) in [7, 11) is 0. The van der Waals surface area contributed by atoms with Crippen molar-refractivity contribution in [1.82, 2.24) is 0 Å². The summed E-state index contributed by atoms with van der Waals surface area (Å²) in [4.78, 5) is 11.3. The molecule has 0 saturated heterocycles. The van der Waals surface area contributed by atoms with Crippen LogP contribution in [0.4, 0.5) is 0 Å². The highest BCUT2D eigenvalue weighted by Crippen LogP contribution is 2.14. The van der Waals surface area contributed by atoms with Gasteiger partial charge in [0.2, 0.25) is 0 Å². The number of benzene rings is 1. The molecule has 1 aromatic rings. The second-order valence-electron chi connectivity index (χ2n) is 4.57. The van der Waals surface area contributed by atoms with Gasteiger partial charge in [-0.1, -0.05) is 25.5 Å². The minimum absolute atomic E-state index is 0.0352. The summed E-state index contributed by atoms with van der Waals surface area (Å²) in [6.45, 7) is 5.78. The third-order valence-corrected chi connectivity index (χ3v) is 2.47. The fourth-order valence-electron chi connectivity index (χ4n) is 1.57. The lowest BCUT2D eigenvalue weighted by Crippen LogP contribution is -2.18. The molecule has 1 rings (SSSR count). The molecule has 0 bridgehead atoms. The molecular formula is C15H22O3. The lowest BCUT2D eigenvalue weighted by Gasteiger charge is -2.09. The summed E-state index contributed by atoms with van der Waals surface area (Å²) in [5.41, 5.74) is 1.30. The molecule has 1 aromatic carbocycles. The van der Waals surface area contributed by atoms with Crippen LogP contribution in [0.25, 0.3) is 0 Å². The standard InChI is InChI=1S/C15H22O3/c1-4-5-6-13-7-9-14(10-8-13)17-11-15(16)18-12(2)3/h7-10,12H,4-6,11H2,1-3H3. The number of aryl methyl sites for hydroxylation is 1. The quantitative estimate of drug-likeness (QED) is 0.696. The van der Waals surface area contributed by atoms with Crippen LogP contribution < -0.4 is 4.74 Å². The van der Waals surface area contributed by atoms with Crippen LogP contribution in [-0.2, 0) is 16.0 Å². The van der Waals surface area contributed by atoms with Gasteiger partial charge in [-0.2, -0.15) is 0 Å². The molecule has 0 N–H and O–H groups in total. The molecule has 0 aromatic heterocycles. The summed E-state index contributed by atoms with van der Waals surface area (Å²) >= 11 is 0. The molecule has 0 fully saturated rings. The maximum Gasteiger partial charge on any atom is 0.344 e. The van der Waals surface area contributed by atoms with E-state index >= 15 is 0 Å². The second kappa shape index (κ2) is 7.75. The van der Waals surface area contributed by atoms with Crippen LogP contribution >= 0.6 is 0 Å². The van der Waals surface area contributed by atoms with Crippen molar-refractivity contribution in [3.8, 4) is 5.75 Å². The molecular weight excluding hydrogens is 228 g/mol. The molecule has 0 amide bonds. The highest BCUT2D eigenvalue weighted by molar-refractivity contribution is 5.71. The van der Waals surface area contributed by atoms with E-state index in [4.69, 9.17) is 9.47 Å². The SMILES string of the molecule is CCCCc1ccc(OCC(=O)OC(C)C)cc1. The number of rotatable bonds is 7. The molecule has 3 heteroatoms. The van der Waals surface area contributed by atoms with Gasteiger partial charge in [0.15, 0.2) is 6.61 Å². The number of carbonyl (C=O) groups is 1. The zero-order chi connectivity index (χ0) is 13.4. The number of unbranched alkanes of at least 4 members (excludes halogenated alkanes) is 1. The average molecular weight is 250 g/mol. The van der Waals surface area contributed by atoms with Gasteiger partial charge in [-0.15, -0.1) is 0 Å². The van der Waals surface area contributed by atoms with Gasteiger partial charge >= 0.3 is 5.97 Å². The Morgan fingerprint density at radius 1 is 1.22 bits per heavy atom. The molecule has 3 nitrogen and oxygen atoms in total. The van der Waals surface area contributed by atoms with E-state index in [1.807, 2.05) is 38.1 Å². The maximum absolute atomic E-state index is 11.3. The van der Waals surface area contributed by atoms with E-state index < -0.39 is 0 Å². The maximum atomic E-state index is 11.3. The summed E-state index contributed by atoms with van der Waals surface area (Å²) in [5, 5.41) is 0. The molecule has 0 unspecified atom stereocenters. The van der Waals surface area contributed by atoms with E-state index in [9.17, 15) is 4.79 Å². The van der Waals surface area contributed by atoms with Crippen molar-refractivity contribution in [2.24, 2.45) is 0 Å². The van der Waals surface area contributed by atoms with Crippen LogP contribution in [0.5, 0.6) is 5.75 Å². The van der Waals surface area contributed by atoms with Crippen molar-refractivity contribution in [2.45, 2.75) is 46.1 Å². The number of carbonyl (C=O) groups excluding carboxylic acids is 1. The van der Waals surface area contributed by atoms with Gasteiger partial charge in [-0.3, -0.25) is 0 Å². The number of hydrogen-bond acceptors (Lipinski definition) is 3. The highest BCUT2D eigenvalue weighted by Gasteiger charge is 2.06. The van der Waals surface area contributed by atoms with Gasteiger partial charge in [0.1, 0.15) is 5.75 Å². The van der Waals surface area contributed by atoms with Gasteiger partial charge in [0.25, 0.3) is 0 Å². The van der Waals surface area contributed by atoms with Crippen LogP contribution in [0, 0.1) is 0 Å².